The van der Waals surface area contributed by atoms with Crippen LogP contribution in [0.15, 0.2) is 30.3 Å². The molecule has 0 spiro atoms. The molecule has 42 heavy (non-hydrogen) atoms. The molecule has 0 unspecified atom stereocenters. The fourth-order valence-corrected chi connectivity index (χ4v) is 5.90. The first-order valence-corrected chi connectivity index (χ1v) is 15.1. The number of ether oxygens (including phenoxy) is 1. The van der Waals surface area contributed by atoms with Gasteiger partial charge in [0.15, 0.2) is 0 Å². The summed E-state index contributed by atoms with van der Waals surface area (Å²) in [6.45, 7) is 13.7. The smallest absolute Gasteiger partial charge is 0.270 e. The van der Waals surface area contributed by atoms with Crippen molar-refractivity contribution in [3.05, 3.63) is 53.0 Å². The number of aromatic nitrogens is 1. The quantitative estimate of drug-likeness (QED) is 0.486. The fraction of sp³-hybridized carbons (Fsp3) is 0.581. The molecular formula is C31H44FN7O3. The maximum atomic E-state index is 13.8. The first kappa shape index (κ1) is 30.3. The first-order chi connectivity index (χ1) is 20.2. The van der Waals surface area contributed by atoms with Crippen molar-refractivity contribution in [2.45, 2.75) is 45.3 Å². The van der Waals surface area contributed by atoms with Crippen molar-refractivity contribution in [3.8, 4) is 5.88 Å². The molecule has 4 heterocycles. The van der Waals surface area contributed by atoms with Crippen molar-refractivity contribution < 1.29 is 18.7 Å². The second kappa shape index (κ2) is 13.5. The third-order valence-corrected chi connectivity index (χ3v) is 8.54. The number of fused-ring (bicyclic) bond motifs is 1. The Bertz CT molecular complexity index is 1250. The van der Waals surface area contributed by atoms with Crippen molar-refractivity contribution >= 4 is 17.5 Å². The number of anilines is 1. The number of benzene rings is 1. The van der Waals surface area contributed by atoms with Crippen molar-refractivity contribution in [2.75, 3.05) is 77.5 Å². The van der Waals surface area contributed by atoms with Crippen LogP contribution in [0.5, 0.6) is 5.88 Å². The number of likely N-dealkylation sites (N-methyl/N-ethyl adjacent to an activating group) is 1. The van der Waals surface area contributed by atoms with Crippen LogP contribution >= 0.6 is 0 Å². The van der Waals surface area contributed by atoms with E-state index in [4.69, 9.17) is 9.72 Å². The number of rotatable bonds is 8. The second-order valence-corrected chi connectivity index (χ2v) is 12.0. The van der Waals surface area contributed by atoms with E-state index in [2.05, 4.69) is 46.2 Å². The normalized spacial score (nSPS) is 23.7. The summed E-state index contributed by atoms with van der Waals surface area (Å²) in [6, 6.07) is 8.45. The predicted molar refractivity (Wildman–Crippen MR) is 161 cm³/mol. The van der Waals surface area contributed by atoms with Gasteiger partial charge in [0.25, 0.3) is 5.91 Å². The van der Waals surface area contributed by atoms with E-state index in [0.29, 0.717) is 43.4 Å². The summed E-state index contributed by atoms with van der Waals surface area (Å²) in [4.78, 5) is 40.6. The van der Waals surface area contributed by atoms with Crippen LogP contribution in [-0.4, -0.2) is 122 Å². The number of hydrogen-bond donors (Lipinski definition) is 2. The van der Waals surface area contributed by atoms with Gasteiger partial charge >= 0.3 is 0 Å². The van der Waals surface area contributed by atoms with E-state index in [1.165, 1.54) is 12.1 Å². The zero-order chi connectivity index (χ0) is 29.8. The zero-order valence-corrected chi connectivity index (χ0v) is 25.2. The summed E-state index contributed by atoms with van der Waals surface area (Å²) >= 11 is 0. The topological polar surface area (TPSA) is 93.3 Å². The molecular weight excluding hydrogens is 537 g/mol. The van der Waals surface area contributed by atoms with Gasteiger partial charge in [-0.3, -0.25) is 19.4 Å². The maximum Gasteiger partial charge on any atom is 0.270 e. The minimum Gasteiger partial charge on any atom is -0.474 e. The molecule has 5 rings (SSSR count). The lowest BCUT2D eigenvalue weighted by atomic mass is 10.0. The molecule has 10 nitrogen and oxygen atoms in total. The van der Waals surface area contributed by atoms with Gasteiger partial charge in [-0.05, 0) is 63.6 Å². The SMILES string of the molecule is C[C@@H]1CN(CC(=O)N2c3cc(Cc4ccc(F)cc4)c(C(=O)NCCN4CCN(C)CC4)nc3OC[C@@H]2C)[C@@H](C)CN1. The lowest BCUT2D eigenvalue weighted by molar-refractivity contribution is -0.121. The van der Waals surface area contributed by atoms with Crippen molar-refractivity contribution in [2.24, 2.45) is 0 Å². The van der Waals surface area contributed by atoms with Crippen LogP contribution in [0.4, 0.5) is 10.1 Å². The predicted octanol–water partition coefficient (Wildman–Crippen LogP) is 1.58. The molecule has 2 amide bonds. The van der Waals surface area contributed by atoms with Gasteiger partial charge in [0.05, 0.1) is 12.6 Å². The van der Waals surface area contributed by atoms with E-state index in [1.54, 1.807) is 17.0 Å². The Morgan fingerprint density at radius 1 is 1.10 bits per heavy atom. The number of nitrogens with zero attached hydrogens (tertiary/aromatic N) is 5. The Morgan fingerprint density at radius 3 is 2.57 bits per heavy atom. The van der Waals surface area contributed by atoms with E-state index in [1.807, 2.05) is 13.0 Å². The number of halogens is 1. The van der Waals surface area contributed by atoms with Crippen LogP contribution in [0.2, 0.25) is 0 Å². The monoisotopic (exact) mass is 581 g/mol. The van der Waals surface area contributed by atoms with E-state index < -0.39 is 0 Å². The molecule has 11 heteroatoms. The Hall–Kier alpha value is -3.12. The molecule has 0 aliphatic carbocycles. The van der Waals surface area contributed by atoms with Gasteiger partial charge in [0, 0.05) is 64.4 Å². The van der Waals surface area contributed by atoms with Crippen molar-refractivity contribution in [1.29, 1.82) is 0 Å². The maximum absolute atomic E-state index is 13.8. The number of carbonyl (C=O) groups excluding carboxylic acids is 2. The van der Waals surface area contributed by atoms with Crippen LogP contribution < -0.4 is 20.3 Å². The third kappa shape index (κ3) is 7.26. The Kier molecular flexibility index (Phi) is 9.72. The zero-order valence-electron chi connectivity index (χ0n) is 25.2. The molecule has 3 aliphatic rings. The molecule has 0 saturated carbocycles. The fourth-order valence-electron chi connectivity index (χ4n) is 5.90. The highest BCUT2D eigenvalue weighted by molar-refractivity contribution is 5.99. The summed E-state index contributed by atoms with van der Waals surface area (Å²) in [7, 11) is 2.12. The van der Waals surface area contributed by atoms with E-state index >= 15 is 0 Å². The van der Waals surface area contributed by atoms with Gasteiger partial charge in [-0.15, -0.1) is 0 Å². The second-order valence-electron chi connectivity index (χ2n) is 12.0. The van der Waals surface area contributed by atoms with Gasteiger partial charge in [0.2, 0.25) is 11.8 Å². The molecule has 3 atom stereocenters. The van der Waals surface area contributed by atoms with Crippen LogP contribution in [0.1, 0.15) is 42.4 Å². The third-order valence-electron chi connectivity index (χ3n) is 8.54. The summed E-state index contributed by atoms with van der Waals surface area (Å²) in [5, 5.41) is 6.50. The van der Waals surface area contributed by atoms with Crippen LogP contribution in [-0.2, 0) is 11.2 Å². The van der Waals surface area contributed by atoms with E-state index in [0.717, 1.165) is 51.4 Å². The molecule has 2 aromatic rings. The first-order valence-electron chi connectivity index (χ1n) is 15.1. The molecule has 0 bridgehead atoms. The Labute approximate surface area is 248 Å². The van der Waals surface area contributed by atoms with E-state index in [9.17, 15) is 14.0 Å². The highest BCUT2D eigenvalue weighted by atomic mass is 19.1. The average Bonchev–Trinajstić information content (AvgIpc) is 2.96. The lowest BCUT2D eigenvalue weighted by Gasteiger charge is -2.40. The largest absolute Gasteiger partial charge is 0.474 e. The average molecular weight is 582 g/mol. The van der Waals surface area contributed by atoms with Crippen molar-refractivity contribution in [3.63, 3.8) is 0 Å². The molecule has 2 saturated heterocycles. The van der Waals surface area contributed by atoms with Crippen LogP contribution in [0.25, 0.3) is 0 Å². The molecule has 1 aromatic carbocycles. The lowest BCUT2D eigenvalue weighted by Crippen LogP contribution is -2.58. The van der Waals surface area contributed by atoms with Gasteiger partial charge in [0.1, 0.15) is 23.8 Å². The number of piperazine rings is 2. The van der Waals surface area contributed by atoms with Crippen LogP contribution in [0.3, 0.4) is 0 Å². The number of carbonyl (C=O) groups is 2. The summed E-state index contributed by atoms with van der Waals surface area (Å²) < 4.78 is 19.6. The van der Waals surface area contributed by atoms with Gasteiger partial charge in [-0.2, -0.15) is 0 Å². The van der Waals surface area contributed by atoms with Gasteiger partial charge in [-0.25, -0.2) is 9.37 Å². The minimum absolute atomic E-state index is 0.0214. The van der Waals surface area contributed by atoms with Crippen LogP contribution in [0, 0.1) is 5.82 Å². The number of hydrogen-bond acceptors (Lipinski definition) is 8. The molecule has 0 radical (unpaired) electrons. The number of pyridine rings is 1. The summed E-state index contributed by atoms with van der Waals surface area (Å²) in [6.07, 6.45) is 0.366. The molecule has 1 aromatic heterocycles. The van der Waals surface area contributed by atoms with Gasteiger partial charge in [-0.1, -0.05) is 12.1 Å². The summed E-state index contributed by atoms with van der Waals surface area (Å²) in [5.41, 5.74) is 2.34. The molecule has 228 valence electrons. The summed E-state index contributed by atoms with van der Waals surface area (Å²) in [5.74, 6) is -0.338. The number of nitrogens with one attached hydrogen (secondary N) is 2. The van der Waals surface area contributed by atoms with Gasteiger partial charge < -0.3 is 25.2 Å². The molecule has 2 fully saturated rings. The number of amides is 2. The Balaban J connectivity index is 1.39. The van der Waals surface area contributed by atoms with E-state index in [-0.39, 0.29) is 41.3 Å². The van der Waals surface area contributed by atoms with Crippen molar-refractivity contribution in [1.82, 2.24) is 30.3 Å². The molecule has 3 aliphatic heterocycles. The highest BCUT2D eigenvalue weighted by Crippen LogP contribution is 2.35. The Morgan fingerprint density at radius 2 is 1.83 bits per heavy atom. The molecule has 2 N–H and O–H groups in total. The minimum atomic E-state index is -0.320. The standard InChI is InChI=1S/C31H44FN7O3/c1-21-18-38(22(2)17-34-21)19-28(40)39-23(3)20-42-31-27(39)16-25(15-24-5-7-26(32)8-6-24)29(35-31)30(41)33-9-10-37-13-11-36(4)12-14-37/h5-8,16,21-23,34H,9-15,17-20H2,1-4H3,(H,33,41)/t21-,22+,23+/m1/s1. The highest BCUT2D eigenvalue weighted by Gasteiger charge is 2.35.